The zero-order valence-corrected chi connectivity index (χ0v) is 11.0. The zero-order valence-electron chi connectivity index (χ0n) is 9.36. The summed E-state index contributed by atoms with van der Waals surface area (Å²) in [7, 11) is 0. The smallest absolute Gasteiger partial charge is 0.166 e. The van der Waals surface area contributed by atoms with E-state index < -0.39 is 0 Å². The van der Waals surface area contributed by atoms with Crippen LogP contribution in [0, 0.1) is 0 Å². The van der Waals surface area contributed by atoms with E-state index >= 15 is 0 Å². The largest absolute Gasteiger partial charge is 0.364 e. The first-order chi connectivity index (χ1) is 7.83. The van der Waals surface area contributed by atoms with Crippen molar-refractivity contribution in [3.63, 3.8) is 0 Å². The van der Waals surface area contributed by atoms with Gasteiger partial charge in [-0.2, -0.15) is 11.8 Å². The molecule has 1 rings (SSSR count). The van der Waals surface area contributed by atoms with E-state index in [1.807, 2.05) is 6.07 Å². The van der Waals surface area contributed by atoms with Crippen LogP contribution in [-0.2, 0) is 5.75 Å². The van der Waals surface area contributed by atoms with Gasteiger partial charge < -0.3 is 15.2 Å². The quantitative estimate of drug-likeness (QED) is 0.575. The minimum atomic E-state index is 0.740. The molecule has 0 amide bonds. The fourth-order valence-electron chi connectivity index (χ4n) is 1.03. The Hall–Kier alpha value is -0.750. The van der Waals surface area contributed by atoms with Crippen LogP contribution in [-0.4, -0.2) is 29.1 Å². The first-order valence-corrected chi connectivity index (χ1v) is 6.88. The highest BCUT2D eigenvalue weighted by atomic mass is 32.2. The summed E-state index contributed by atoms with van der Waals surface area (Å²) in [6.07, 6.45) is 2.68. The van der Waals surface area contributed by atoms with E-state index in [4.69, 9.17) is 16.7 Å². The summed E-state index contributed by atoms with van der Waals surface area (Å²) in [5.41, 5.74) is 0.983. The molecule has 0 aliphatic heterocycles. The van der Waals surface area contributed by atoms with Gasteiger partial charge in [0, 0.05) is 30.7 Å². The Bertz CT molecular complexity index is 290. The molecule has 0 atom stereocenters. The second-order valence-corrected chi connectivity index (χ2v) is 4.74. The van der Waals surface area contributed by atoms with E-state index in [2.05, 4.69) is 22.7 Å². The SMILES string of the molecule is CCCNC(=S)NCCSCc1ccon1. The number of nitrogens with zero attached hydrogens (tertiary/aromatic N) is 1. The first kappa shape index (κ1) is 13.3. The minimum absolute atomic E-state index is 0.740. The van der Waals surface area contributed by atoms with Gasteiger partial charge in [0.1, 0.15) is 6.26 Å². The van der Waals surface area contributed by atoms with E-state index in [-0.39, 0.29) is 0 Å². The topological polar surface area (TPSA) is 50.1 Å². The number of thioether (sulfide) groups is 1. The van der Waals surface area contributed by atoms with E-state index in [0.29, 0.717) is 0 Å². The fourth-order valence-corrected chi connectivity index (χ4v) is 1.98. The highest BCUT2D eigenvalue weighted by Crippen LogP contribution is 2.08. The molecule has 0 fully saturated rings. The van der Waals surface area contributed by atoms with Crippen molar-refractivity contribution in [2.75, 3.05) is 18.8 Å². The van der Waals surface area contributed by atoms with Crippen LogP contribution in [0.5, 0.6) is 0 Å². The van der Waals surface area contributed by atoms with Crippen molar-refractivity contribution in [2.45, 2.75) is 19.1 Å². The van der Waals surface area contributed by atoms with Crippen LogP contribution in [0.3, 0.4) is 0 Å². The molecule has 0 aromatic carbocycles. The third-order valence-electron chi connectivity index (χ3n) is 1.81. The average molecular weight is 259 g/mol. The molecule has 0 bridgehead atoms. The molecule has 90 valence electrons. The van der Waals surface area contributed by atoms with Crippen molar-refractivity contribution in [2.24, 2.45) is 0 Å². The van der Waals surface area contributed by atoms with Crippen molar-refractivity contribution < 1.29 is 4.52 Å². The van der Waals surface area contributed by atoms with E-state index in [0.717, 1.165) is 41.8 Å². The Labute approximate surface area is 106 Å². The summed E-state index contributed by atoms with van der Waals surface area (Å²) in [6.45, 7) is 3.92. The molecule has 6 heteroatoms. The third-order valence-corrected chi connectivity index (χ3v) is 3.09. The molecule has 2 N–H and O–H groups in total. The maximum atomic E-state index is 5.09. The van der Waals surface area contributed by atoms with Crippen LogP contribution in [0.4, 0.5) is 0 Å². The number of hydrogen-bond acceptors (Lipinski definition) is 4. The van der Waals surface area contributed by atoms with Gasteiger partial charge in [0.05, 0.1) is 5.69 Å². The lowest BCUT2D eigenvalue weighted by molar-refractivity contribution is 0.414. The molecule has 0 saturated carbocycles. The highest BCUT2D eigenvalue weighted by Gasteiger charge is 1.97. The monoisotopic (exact) mass is 259 g/mol. The molecule has 1 heterocycles. The van der Waals surface area contributed by atoms with Crippen molar-refractivity contribution >= 4 is 29.1 Å². The maximum absolute atomic E-state index is 5.09. The van der Waals surface area contributed by atoms with Gasteiger partial charge in [-0.1, -0.05) is 12.1 Å². The van der Waals surface area contributed by atoms with Crippen molar-refractivity contribution in [1.82, 2.24) is 15.8 Å². The lowest BCUT2D eigenvalue weighted by Gasteiger charge is -2.08. The van der Waals surface area contributed by atoms with Crippen LogP contribution in [0.2, 0.25) is 0 Å². The Morgan fingerprint density at radius 3 is 3.00 bits per heavy atom. The molecule has 0 aliphatic carbocycles. The Kier molecular flexibility index (Phi) is 7.00. The average Bonchev–Trinajstić information content (AvgIpc) is 2.79. The third kappa shape index (κ3) is 5.97. The maximum Gasteiger partial charge on any atom is 0.166 e. The predicted molar refractivity (Wildman–Crippen MR) is 71.6 cm³/mol. The summed E-state index contributed by atoms with van der Waals surface area (Å²) in [5.74, 6) is 1.88. The molecular formula is C10H17N3OS2. The molecule has 0 unspecified atom stereocenters. The molecule has 1 aromatic heterocycles. The Morgan fingerprint density at radius 1 is 1.50 bits per heavy atom. The second kappa shape index (κ2) is 8.41. The molecule has 4 nitrogen and oxygen atoms in total. The predicted octanol–water partition coefficient (Wildman–Crippen LogP) is 1.78. The molecule has 0 spiro atoms. The van der Waals surface area contributed by atoms with E-state index in [9.17, 15) is 0 Å². The van der Waals surface area contributed by atoms with Crippen LogP contribution in [0.1, 0.15) is 19.0 Å². The number of nitrogens with one attached hydrogen (secondary N) is 2. The number of thiocarbonyl (C=S) groups is 1. The van der Waals surface area contributed by atoms with E-state index in [1.165, 1.54) is 0 Å². The first-order valence-electron chi connectivity index (χ1n) is 5.31. The molecule has 0 saturated heterocycles. The molecule has 0 radical (unpaired) electrons. The van der Waals surface area contributed by atoms with Gasteiger partial charge in [-0.05, 0) is 18.6 Å². The van der Waals surface area contributed by atoms with Crippen LogP contribution < -0.4 is 10.6 Å². The number of rotatable bonds is 7. The van der Waals surface area contributed by atoms with Crippen molar-refractivity contribution in [1.29, 1.82) is 0 Å². The van der Waals surface area contributed by atoms with Gasteiger partial charge >= 0.3 is 0 Å². The summed E-state index contributed by atoms with van der Waals surface area (Å²) < 4.78 is 4.74. The molecule has 16 heavy (non-hydrogen) atoms. The normalized spacial score (nSPS) is 10.1. The Balaban J connectivity index is 1.93. The van der Waals surface area contributed by atoms with Gasteiger partial charge in [-0.15, -0.1) is 0 Å². The zero-order chi connectivity index (χ0) is 11.6. The lowest BCUT2D eigenvalue weighted by atomic mass is 10.5. The van der Waals surface area contributed by atoms with Gasteiger partial charge in [-0.25, -0.2) is 0 Å². The summed E-state index contributed by atoms with van der Waals surface area (Å²) in [5, 5.41) is 10.8. The molecule has 1 aromatic rings. The highest BCUT2D eigenvalue weighted by molar-refractivity contribution is 7.98. The van der Waals surface area contributed by atoms with Crippen molar-refractivity contribution in [3.05, 3.63) is 18.0 Å². The van der Waals surface area contributed by atoms with Crippen molar-refractivity contribution in [3.8, 4) is 0 Å². The fraction of sp³-hybridized carbons (Fsp3) is 0.600. The number of hydrogen-bond donors (Lipinski definition) is 2. The summed E-state index contributed by atoms with van der Waals surface area (Å²) >= 11 is 6.89. The molecule has 0 aliphatic rings. The van der Waals surface area contributed by atoms with Crippen LogP contribution >= 0.6 is 24.0 Å². The van der Waals surface area contributed by atoms with Gasteiger partial charge in [0.2, 0.25) is 0 Å². The number of aromatic nitrogens is 1. The lowest BCUT2D eigenvalue weighted by Crippen LogP contribution is -2.36. The summed E-state index contributed by atoms with van der Waals surface area (Å²) in [4.78, 5) is 0. The van der Waals surface area contributed by atoms with Gasteiger partial charge in [0.15, 0.2) is 5.11 Å². The van der Waals surface area contributed by atoms with Crippen LogP contribution in [0.25, 0.3) is 0 Å². The van der Waals surface area contributed by atoms with E-state index in [1.54, 1.807) is 18.0 Å². The van der Waals surface area contributed by atoms with Crippen LogP contribution in [0.15, 0.2) is 16.9 Å². The Morgan fingerprint density at radius 2 is 2.31 bits per heavy atom. The van der Waals surface area contributed by atoms with Gasteiger partial charge in [-0.3, -0.25) is 0 Å². The van der Waals surface area contributed by atoms with Gasteiger partial charge in [0.25, 0.3) is 0 Å². The minimum Gasteiger partial charge on any atom is -0.364 e. The molecular weight excluding hydrogens is 242 g/mol. The standard InChI is InChI=1S/C10H17N3OS2/c1-2-4-11-10(15)12-5-7-16-8-9-3-6-14-13-9/h3,6H,2,4-5,7-8H2,1H3,(H2,11,12,15). The summed E-state index contributed by atoms with van der Waals surface area (Å²) in [6, 6.07) is 1.88. The second-order valence-electron chi connectivity index (χ2n) is 3.23.